The van der Waals surface area contributed by atoms with E-state index in [2.05, 4.69) is 4.72 Å². The molecule has 1 aromatic carbocycles. The van der Waals surface area contributed by atoms with Crippen LogP contribution in [-0.2, 0) is 14.8 Å². The molecule has 0 fully saturated rings. The molecule has 0 aromatic heterocycles. The maximum absolute atomic E-state index is 12.0. The third kappa shape index (κ3) is 3.57. The Bertz CT molecular complexity index is 506. The standard InChI is InChI=1S/C13H19NO3S/c1-4-10-13(2,3)12(15)14-18(16,17)11-8-6-5-7-9-11/h5-9H,4,10H2,1-3H3,(H,14,15). The molecule has 0 saturated carbocycles. The Morgan fingerprint density at radius 2 is 1.78 bits per heavy atom. The highest BCUT2D eigenvalue weighted by atomic mass is 32.2. The monoisotopic (exact) mass is 269 g/mol. The van der Waals surface area contributed by atoms with E-state index in [1.54, 1.807) is 32.0 Å². The molecule has 1 aromatic rings. The molecule has 0 saturated heterocycles. The Morgan fingerprint density at radius 1 is 1.22 bits per heavy atom. The Hall–Kier alpha value is -1.36. The highest BCUT2D eigenvalue weighted by molar-refractivity contribution is 7.90. The van der Waals surface area contributed by atoms with Gasteiger partial charge in [-0.2, -0.15) is 0 Å². The summed E-state index contributed by atoms with van der Waals surface area (Å²) in [7, 11) is -3.76. The Morgan fingerprint density at radius 3 is 2.28 bits per heavy atom. The summed E-state index contributed by atoms with van der Waals surface area (Å²) < 4.78 is 26.1. The lowest BCUT2D eigenvalue weighted by molar-refractivity contribution is -0.127. The van der Waals surface area contributed by atoms with E-state index in [0.717, 1.165) is 6.42 Å². The van der Waals surface area contributed by atoms with Crippen molar-refractivity contribution in [1.29, 1.82) is 0 Å². The van der Waals surface area contributed by atoms with Crippen molar-refractivity contribution in [2.75, 3.05) is 0 Å². The van der Waals surface area contributed by atoms with Crippen molar-refractivity contribution in [2.24, 2.45) is 5.41 Å². The average molecular weight is 269 g/mol. The van der Waals surface area contributed by atoms with E-state index in [1.807, 2.05) is 6.92 Å². The molecule has 0 radical (unpaired) electrons. The van der Waals surface area contributed by atoms with Gasteiger partial charge in [0.25, 0.3) is 10.0 Å². The van der Waals surface area contributed by atoms with Gasteiger partial charge in [0.2, 0.25) is 5.91 Å². The second-order valence-corrected chi connectivity index (χ2v) is 6.56. The van der Waals surface area contributed by atoms with Crippen LogP contribution in [0.2, 0.25) is 0 Å². The first-order valence-corrected chi connectivity index (χ1v) is 7.40. The summed E-state index contributed by atoms with van der Waals surface area (Å²) in [5.41, 5.74) is -0.684. The van der Waals surface area contributed by atoms with Gasteiger partial charge in [0.05, 0.1) is 4.90 Å². The second-order valence-electron chi connectivity index (χ2n) is 4.88. The fourth-order valence-corrected chi connectivity index (χ4v) is 2.81. The van der Waals surface area contributed by atoms with Gasteiger partial charge in [-0.15, -0.1) is 0 Å². The third-order valence-corrected chi connectivity index (χ3v) is 4.12. The van der Waals surface area contributed by atoms with Crippen molar-refractivity contribution in [3.8, 4) is 0 Å². The predicted molar refractivity (Wildman–Crippen MR) is 70.5 cm³/mol. The molecule has 0 atom stereocenters. The molecule has 5 heteroatoms. The van der Waals surface area contributed by atoms with Crippen LogP contribution < -0.4 is 4.72 Å². The maximum Gasteiger partial charge on any atom is 0.264 e. The van der Waals surface area contributed by atoms with Crippen LogP contribution in [0.4, 0.5) is 0 Å². The van der Waals surface area contributed by atoms with E-state index in [9.17, 15) is 13.2 Å². The lowest BCUT2D eigenvalue weighted by Gasteiger charge is -2.22. The number of nitrogens with one attached hydrogen (secondary N) is 1. The number of rotatable bonds is 5. The first kappa shape index (κ1) is 14.7. The van der Waals surface area contributed by atoms with Gasteiger partial charge in [-0.1, -0.05) is 45.4 Å². The van der Waals surface area contributed by atoms with Crippen molar-refractivity contribution in [1.82, 2.24) is 4.72 Å². The van der Waals surface area contributed by atoms with Gasteiger partial charge in [0, 0.05) is 5.41 Å². The summed E-state index contributed by atoms with van der Waals surface area (Å²) in [4.78, 5) is 12.1. The molecule has 0 unspecified atom stereocenters. The zero-order valence-electron chi connectivity index (χ0n) is 10.9. The van der Waals surface area contributed by atoms with Crippen LogP contribution in [0.15, 0.2) is 35.2 Å². The molecule has 1 N–H and O–H groups in total. The SMILES string of the molecule is CCCC(C)(C)C(=O)NS(=O)(=O)c1ccccc1. The molecule has 100 valence electrons. The van der Waals surface area contributed by atoms with Crippen molar-refractivity contribution in [3.05, 3.63) is 30.3 Å². The maximum atomic E-state index is 12.0. The Kier molecular flexibility index (Phi) is 4.51. The smallest absolute Gasteiger partial charge is 0.264 e. The fourth-order valence-electron chi connectivity index (χ4n) is 1.66. The lowest BCUT2D eigenvalue weighted by atomic mass is 9.87. The highest BCUT2D eigenvalue weighted by Crippen LogP contribution is 2.23. The summed E-state index contributed by atoms with van der Waals surface area (Å²) in [5, 5.41) is 0. The molecule has 0 aliphatic carbocycles. The largest absolute Gasteiger partial charge is 0.273 e. The molecule has 1 amide bonds. The summed E-state index contributed by atoms with van der Waals surface area (Å²) in [6, 6.07) is 7.89. The number of hydrogen-bond donors (Lipinski definition) is 1. The molecule has 0 aliphatic rings. The first-order chi connectivity index (χ1) is 8.29. The molecule has 18 heavy (non-hydrogen) atoms. The minimum Gasteiger partial charge on any atom is -0.273 e. The third-order valence-electron chi connectivity index (χ3n) is 2.77. The second kappa shape index (κ2) is 5.52. The zero-order chi connectivity index (χ0) is 13.8. The quantitative estimate of drug-likeness (QED) is 0.892. The molecular weight excluding hydrogens is 250 g/mol. The van der Waals surface area contributed by atoms with Gasteiger partial charge >= 0.3 is 0 Å². The van der Waals surface area contributed by atoms with Crippen LogP contribution in [0, 0.1) is 5.41 Å². The molecule has 0 aliphatic heterocycles. The molecule has 1 rings (SSSR count). The van der Waals surface area contributed by atoms with Gasteiger partial charge in [-0.3, -0.25) is 4.79 Å². The Balaban J connectivity index is 2.88. The highest BCUT2D eigenvalue weighted by Gasteiger charge is 2.30. The van der Waals surface area contributed by atoms with Gasteiger partial charge in [-0.05, 0) is 18.6 Å². The fraction of sp³-hybridized carbons (Fsp3) is 0.462. The number of hydrogen-bond acceptors (Lipinski definition) is 3. The van der Waals surface area contributed by atoms with Crippen LogP contribution in [0.3, 0.4) is 0 Å². The molecule has 4 nitrogen and oxygen atoms in total. The van der Waals surface area contributed by atoms with Gasteiger partial charge in [-0.25, -0.2) is 13.1 Å². The normalized spacial score (nSPS) is 12.2. The number of amides is 1. The summed E-state index contributed by atoms with van der Waals surface area (Å²) in [6.45, 7) is 5.44. The molecule has 0 heterocycles. The number of carbonyl (C=O) groups excluding carboxylic acids is 1. The predicted octanol–water partition coefficient (Wildman–Crippen LogP) is 2.32. The minimum absolute atomic E-state index is 0.102. The number of carbonyl (C=O) groups is 1. The van der Waals surface area contributed by atoms with E-state index in [1.165, 1.54) is 12.1 Å². The zero-order valence-corrected chi connectivity index (χ0v) is 11.8. The van der Waals surface area contributed by atoms with Crippen molar-refractivity contribution < 1.29 is 13.2 Å². The summed E-state index contributed by atoms with van der Waals surface area (Å²) >= 11 is 0. The topological polar surface area (TPSA) is 63.2 Å². The molecule has 0 bridgehead atoms. The van der Waals surface area contributed by atoms with Crippen LogP contribution in [0.1, 0.15) is 33.6 Å². The van der Waals surface area contributed by atoms with E-state index >= 15 is 0 Å². The Labute approximate surface area is 108 Å². The van der Waals surface area contributed by atoms with Crippen molar-refractivity contribution in [3.63, 3.8) is 0 Å². The van der Waals surface area contributed by atoms with Crippen LogP contribution in [0.25, 0.3) is 0 Å². The summed E-state index contributed by atoms with van der Waals surface area (Å²) in [6.07, 6.45) is 1.47. The van der Waals surface area contributed by atoms with Crippen LogP contribution in [0.5, 0.6) is 0 Å². The van der Waals surface area contributed by atoms with E-state index in [0.29, 0.717) is 6.42 Å². The van der Waals surface area contributed by atoms with Gasteiger partial charge < -0.3 is 0 Å². The van der Waals surface area contributed by atoms with E-state index in [-0.39, 0.29) is 4.90 Å². The minimum atomic E-state index is -3.76. The van der Waals surface area contributed by atoms with E-state index < -0.39 is 21.3 Å². The number of sulfonamides is 1. The lowest BCUT2D eigenvalue weighted by Crippen LogP contribution is -2.40. The average Bonchev–Trinajstić information content (AvgIpc) is 2.29. The molecule has 0 spiro atoms. The van der Waals surface area contributed by atoms with Crippen molar-refractivity contribution in [2.45, 2.75) is 38.5 Å². The van der Waals surface area contributed by atoms with E-state index in [4.69, 9.17) is 0 Å². The molecular formula is C13H19NO3S. The summed E-state index contributed by atoms with van der Waals surface area (Å²) in [5.74, 6) is -0.465. The first-order valence-electron chi connectivity index (χ1n) is 5.92. The van der Waals surface area contributed by atoms with Crippen LogP contribution in [-0.4, -0.2) is 14.3 Å². The van der Waals surface area contributed by atoms with Gasteiger partial charge in [0.15, 0.2) is 0 Å². The van der Waals surface area contributed by atoms with Crippen molar-refractivity contribution >= 4 is 15.9 Å². The number of benzene rings is 1. The van der Waals surface area contributed by atoms with Crippen LogP contribution >= 0.6 is 0 Å². The van der Waals surface area contributed by atoms with Gasteiger partial charge in [0.1, 0.15) is 0 Å².